The summed E-state index contributed by atoms with van der Waals surface area (Å²) in [5.74, 6) is 0.714. The number of anilines is 2. The van der Waals surface area contributed by atoms with Gasteiger partial charge in [0.25, 0.3) is 0 Å². The number of nitrogens with zero attached hydrogens (tertiary/aromatic N) is 2. The summed E-state index contributed by atoms with van der Waals surface area (Å²) in [4.78, 5) is 9.75. The number of aromatic nitrogens is 2. The molecule has 6 heteroatoms. The van der Waals surface area contributed by atoms with Crippen LogP contribution in [0.3, 0.4) is 0 Å². The molecule has 2 aromatic carbocycles. The molecule has 2 aromatic heterocycles. The number of hydrogen-bond acceptors (Lipinski definition) is 4. The van der Waals surface area contributed by atoms with E-state index in [1.165, 1.54) is 5.56 Å². The van der Waals surface area contributed by atoms with E-state index in [1.807, 2.05) is 0 Å². The summed E-state index contributed by atoms with van der Waals surface area (Å²) in [5.41, 5.74) is 4.17. The van der Waals surface area contributed by atoms with Crippen LogP contribution in [0.1, 0.15) is 5.56 Å². The lowest BCUT2D eigenvalue weighted by atomic mass is 10.0. The Morgan fingerprint density at radius 1 is 1.00 bits per heavy atom. The molecular formula is C19H13Cl2N3S. The fourth-order valence-electron chi connectivity index (χ4n) is 2.64. The monoisotopic (exact) mass is 385 g/mol. The first-order valence-corrected chi connectivity index (χ1v) is 9.27. The summed E-state index contributed by atoms with van der Waals surface area (Å²) in [6.07, 6.45) is 1.55. The van der Waals surface area contributed by atoms with Gasteiger partial charge < -0.3 is 5.32 Å². The molecule has 0 saturated heterocycles. The Morgan fingerprint density at radius 3 is 2.60 bits per heavy atom. The Morgan fingerprint density at radius 2 is 1.80 bits per heavy atom. The van der Waals surface area contributed by atoms with Crippen LogP contribution in [0.2, 0.25) is 10.0 Å². The summed E-state index contributed by atoms with van der Waals surface area (Å²) in [6.45, 7) is 2.08. The second kappa shape index (κ2) is 6.64. The standard InChI is InChI=1S/C19H13Cl2N3S/c1-11-2-4-12(5-3-11)14-9-25-19-17(14)18(22-10-23-19)24-16-8-13(20)6-7-15(16)21/h2-10H,1H3,(H,22,23,24). The second-order valence-electron chi connectivity index (χ2n) is 5.67. The van der Waals surface area contributed by atoms with Crippen molar-refractivity contribution in [3.05, 3.63) is 69.8 Å². The van der Waals surface area contributed by atoms with Crippen LogP contribution in [0.15, 0.2) is 54.2 Å². The van der Waals surface area contributed by atoms with Crippen LogP contribution in [0.4, 0.5) is 11.5 Å². The van der Waals surface area contributed by atoms with Crippen molar-refractivity contribution < 1.29 is 0 Å². The summed E-state index contributed by atoms with van der Waals surface area (Å²) < 4.78 is 0. The number of fused-ring (bicyclic) bond motifs is 1. The first-order valence-electron chi connectivity index (χ1n) is 7.63. The number of benzene rings is 2. The molecule has 2 heterocycles. The molecule has 0 unspecified atom stereocenters. The van der Waals surface area contributed by atoms with Crippen molar-refractivity contribution >= 4 is 56.3 Å². The molecule has 0 spiro atoms. The van der Waals surface area contributed by atoms with Gasteiger partial charge in [0.1, 0.15) is 17.0 Å². The molecule has 0 aliphatic heterocycles. The number of hydrogen-bond donors (Lipinski definition) is 1. The highest BCUT2D eigenvalue weighted by Gasteiger charge is 2.14. The number of halogens is 2. The van der Waals surface area contributed by atoms with Crippen molar-refractivity contribution in [3.63, 3.8) is 0 Å². The van der Waals surface area contributed by atoms with E-state index in [1.54, 1.807) is 35.9 Å². The molecule has 4 aromatic rings. The second-order valence-corrected chi connectivity index (χ2v) is 7.37. The van der Waals surface area contributed by atoms with E-state index >= 15 is 0 Å². The predicted octanol–water partition coefficient (Wildman–Crippen LogP) is 6.72. The fraction of sp³-hybridized carbons (Fsp3) is 0.0526. The third-order valence-corrected chi connectivity index (χ3v) is 5.37. The van der Waals surface area contributed by atoms with E-state index < -0.39 is 0 Å². The molecule has 0 fully saturated rings. The zero-order chi connectivity index (χ0) is 17.4. The van der Waals surface area contributed by atoms with Gasteiger partial charge in [-0.05, 0) is 30.7 Å². The van der Waals surface area contributed by atoms with E-state index in [9.17, 15) is 0 Å². The fourth-order valence-corrected chi connectivity index (χ4v) is 3.89. The lowest BCUT2D eigenvalue weighted by molar-refractivity contribution is 1.23. The predicted molar refractivity (Wildman–Crippen MR) is 107 cm³/mol. The van der Waals surface area contributed by atoms with Crippen LogP contribution in [0.25, 0.3) is 21.3 Å². The van der Waals surface area contributed by atoms with Crippen molar-refractivity contribution in [2.24, 2.45) is 0 Å². The van der Waals surface area contributed by atoms with Crippen molar-refractivity contribution in [3.8, 4) is 11.1 Å². The molecule has 0 aliphatic carbocycles. The normalized spacial score (nSPS) is 11.0. The van der Waals surface area contributed by atoms with Gasteiger partial charge in [-0.25, -0.2) is 9.97 Å². The van der Waals surface area contributed by atoms with Gasteiger partial charge in [-0.2, -0.15) is 0 Å². The van der Waals surface area contributed by atoms with Crippen molar-refractivity contribution in [2.75, 3.05) is 5.32 Å². The van der Waals surface area contributed by atoms with E-state index in [0.717, 1.165) is 27.0 Å². The molecule has 0 bridgehead atoms. The summed E-state index contributed by atoms with van der Waals surface area (Å²) in [7, 11) is 0. The Kier molecular flexibility index (Phi) is 4.34. The van der Waals surface area contributed by atoms with Gasteiger partial charge in [0.2, 0.25) is 0 Å². The molecule has 0 saturated carbocycles. The van der Waals surface area contributed by atoms with Crippen molar-refractivity contribution in [2.45, 2.75) is 6.92 Å². The minimum absolute atomic E-state index is 0.586. The van der Waals surface area contributed by atoms with Gasteiger partial charge in [0.05, 0.1) is 16.1 Å². The van der Waals surface area contributed by atoms with Gasteiger partial charge in [-0.1, -0.05) is 53.0 Å². The van der Waals surface area contributed by atoms with Crippen LogP contribution in [0.5, 0.6) is 0 Å². The van der Waals surface area contributed by atoms with Crippen molar-refractivity contribution in [1.29, 1.82) is 0 Å². The third kappa shape index (κ3) is 3.21. The maximum Gasteiger partial charge on any atom is 0.143 e. The molecule has 1 N–H and O–H groups in total. The topological polar surface area (TPSA) is 37.8 Å². The molecule has 4 rings (SSSR count). The lowest BCUT2D eigenvalue weighted by Gasteiger charge is -2.10. The van der Waals surface area contributed by atoms with Gasteiger partial charge in [0, 0.05) is 16.0 Å². The number of thiophene rings is 1. The zero-order valence-electron chi connectivity index (χ0n) is 13.3. The van der Waals surface area contributed by atoms with Gasteiger partial charge >= 0.3 is 0 Å². The van der Waals surface area contributed by atoms with E-state index in [-0.39, 0.29) is 0 Å². The molecule has 0 amide bonds. The lowest BCUT2D eigenvalue weighted by Crippen LogP contribution is -1.96. The number of aryl methyl sites for hydroxylation is 1. The minimum atomic E-state index is 0.586. The summed E-state index contributed by atoms with van der Waals surface area (Å²) >= 11 is 14.0. The Balaban J connectivity index is 1.85. The molecule has 0 radical (unpaired) electrons. The van der Waals surface area contributed by atoms with Gasteiger partial charge in [0.15, 0.2) is 0 Å². The highest BCUT2D eigenvalue weighted by atomic mass is 35.5. The molecule has 124 valence electrons. The maximum atomic E-state index is 6.28. The van der Waals surface area contributed by atoms with Crippen LogP contribution in [-0.4, -0.2) is 9.97 Å². The SMILES string of the molecule is Cc1ccc(-c2csc3ncnc(Nc4cc(Cl)ccc4Cl)c23)cc1. The highest BCUT2D eigenvalue weighted by Crippen LogP contribution is 2.38. The summed E-state index contributed by atoms with van der Waals surface area (Å²) in [6, 6.07) is 13.7. The first kappa shape index (κ1) is 16.3. The molecule has 0 atom stereocenters. The number of nitrogens with one attached hydrogen (secondary N) is 1. The Hall–Kier alpha value is -2.14. The van der Waals surface area contributed by atoms with Gasteiger partial charge in [-0.15, -0.1) is 11.3 Å². The van der Waals surface area contributed by atoms with Crippen LogP contribution < -0.4 is 5.32 Å². The Labute approximate surface area is 159 Å². The molecule has 25 heavy (non-hydrogen) atoms. The molecule has 3 nitrogen and oxygen atoms in total. The largest absolute Gasteiger partial charge is 0.338 e. The Bertz CT molecular complexity index is 1060. The van der Waals surface area contributed by atoms with Gasteiger partial charge in [-0.3, -0.25) is 0 Å². The third-order valence-electron chi connectivity index (χ3n) is 3.91. The highest BCUT2D eigenvalue weighted by molar-refractivity contribution is 7.17. The van der Waals surface area contributed by atoms with Crippen LogP contribution in [-0.2, 0) is 0 Å². The van der Waals surface area contributed by atoms with Crippen molar-refractivity contribution in [1.82, 2.24) is 9.97 Å². The van der Waals surface area contributed by atoms with E-state index in [4.69, 9.17) is 23.2 Å². The molecular weight excluding hydrogens is 373 g/mol. The number of rotatable bonds is 3. The van der Waals surface area contributed by atoms with Crippen LogP contribution >= 0.6 is 34.5 Å². The first-order chi connectivity index (χ1) is 12.1. The average molecular weight is 386 g/mol. The smallest absolute Gasteiger partial charge is 0.143 e. The maximum absolute atomic E-state index is 6.28. The molecule has 0 aliphatic rings. The average Bonchev–Trinajstić information content (AvgIpc) is 3.04. The van der Waals surface area contributed by atoms with Crippen LogP contribution in [0, 0.1) is 6.92 Å². The minimum Gasteiger partial charge on any atom is -0.338 e. The van der Waals surface area contributed by atoms with E-state index in [2.05, 4.69) is 51.9 Å². The quantitative estimate of drug-likeness (QED) is 0.425. The summed E-state index contributed by atoms with van der Waals surface area (Å²) in [5, 5.41) is 7.59. The zero-order valence-corrected chi connectivity index (χ0v) is 15.6. The van der Waals surface area contributed by atoms with E-state index in [0.29, 0.717) is 15.9 Å².